The van der Waals surface area contributed by atoms with Gasteiger partial charge in [-0.05, 0) is 48.4 Å². The highest BCUT2D eigenvalue weighted by molar-refractivity contribution is 9.10. The average Bonchev–Trinajstić information content (AvgIpc) is 2.47. The monoisotopic (exact) mass is 354 g/mol. The number of hydrazine groups is 1. The highest BCUT2D eigenvalue weighted by Gasteiger charge is 2.08. The number of nitrogens with two attached hydrogens (primary N) is 1. The Balaban J connectivity index is 1.88. The lowest BCUT2D eigenvalue weighted by molar-refractivity contribution is 0.573. The zero-order valence-electron chi connectivity index (χ0n) is 10.9. The van der Waals surface area contributed by atoms with Crippen LogP contribution in [0.25, 0.3) is 0 Å². The van der Waals surface area contributed by atoms with Crippen molar-refractivity contribution in [1.82, 2.24) is 5.43 Å². The maximum atomic E-state index is 12.9. The van der Waals surface area contributed by atoms with Crippen LogP contribution in [-0.4, -0.2) is 11.8 Å². The van der Waals surface area contributed by atoms with Gasteiger partial charge in [0.15, 0.2) is 0 Å². The van der Waals surface area contributed by atoms with Crippen LogP contribution in [0.4, 0.5) is 4.39 Å². The summed E-state index contributed by atoms with van der Waals surface area (Å²) in [6.45, 7) is 0. The molecule has 1 unspecified atom stereocenters. The molecule has 2 aromatic rings. The van der Waals surface area contributed by atoms with Gasteiger partial charge in [0.05, 0.1) is 0 Å². The van der Waals surface area contributed by atoms with Crippen molar-refractivity contribution >= 4 is 27.7 Å². The number of thioether (sulfide) groups is 1. The van der Waals surface area contributed by atoms with Crippen LogP contribution in [0.15, 0.2) is 57.9 Å². The van der Waals surface area contributed by atoms with Crippen molar-refractivity contribution in [3.8, 4) is 0 Å². The Morgan fingerprint density at radius 3 is 2.35 bits per heavy atom. The van der Waals surface area contributed by atoms with E-state index in [0.717, 1.165) is 22.2 Å². The van der Waals surface area contributed by atoms with Gasteiger partial charge in [-0.15, -0.1) is 11.8 Å². The van der Waals surface area contributed by atoms with Gasteiger partial charge in [0.25, 0.3) is 0 Å². The molecule has 5 heteroatoms. The number of nitrogens with one attached hydrogen (secondary N) is 1. The number of benzene rings is 2. The van der Waals surface area contributed by atoms with Crippen LogP contribution in [0.1, 0.15) is 5.56 Å². The number of hydrogen-bond acceptors (Lipinski definition) is 3. The molecular formula is C15H16BrFN2S. The summed E-state index contributed by atoms with van der Waals surface area (Å²) in [6.07, 6.45) is 0.778. The van der Waals surface area contributed by atoms with Crippen molar-refractivity contribution in [2.75, 3.05) is 5.75 Å². The number of halogens is 2. The lowest BCUT2D eigenvalue weighted by atomic mass is 10.1. The first-order valence-electron chi connectivity index (χ1n) is 6.26. The summed E-state index contributed by atoms with van der Waals surface area (Å²) < 4.78 is 13.9. The lowest BCUT2D eigenvalue weighted by Gasteiger charge is -2.15. The second kappa shape index (κ2) is 7.78. The topological polar surface area (TPSA) is 38.0 Å². The fourth-order valence-corrected chi connectivity index (χ4v) is 3.00. The highest BCUT2D eigenvalue weighted by atomic mass is 79.9. The molecule has 1 atom stereocenters. The third-order valence-corrected chi connectivity index (χ3v) is 4.60. The molecule has 0 heterocycles. The molecule has 20 heavy (non-hydrogen) atoms. The quantitative estimate of drug-likeness (QED) is 0.471. The van der Waals surface area contributed by atoms with Gasteiger partial charge in [-0.1, -0.05) is 28.1 Å². The predicted molar refractivity (Wildman–Crippen MR) is 86.1 cm³/mol. The van der Waals surface area contributed by atoms with Gasteiger partial charge in [0.1, 0.15) is 5.82 Å². The standard InChI is InChI=1S/C15H16BrFN2S/c16-12-3-7-15(8-4-12)20-10-14(19-18)9-11-1-5-13(17)6-2-11/h1-8,14,19H,9-10,18H2. The minimum Gasteiger partial charge on any atom is -0.271 e. The SMILES string of the molecule is NNC(CSc1ccc(Br)cc1)Cc1ccc(F)cc1. The van der Waals surface area contributed by atoms with Crippen molar-refractivity contribution in [3.63, 3.8) is 0 Å². The Labute approximate surface area is 131 Å². The molecule has 0 aliphatic heterocycles. The highest BCUT2D eigenvalue weighted by Crippen LogP contribution is 2.22. The fourth-order valence-electron chi connectivity index (χ4n) is 1.80. The summed E-state index contributed by atoms with van der Waals surface area (Å²) in [5.74, 6) is 6.24. The molecule has 0 aromatic heterocycles. The van der Waals surface area contributed by atoms with Crippen molar-refractivity contribution in [1.29, 1.82) is 0 Å². The molecular weight excluding hydrogens is 339 g/mol. The van der Waals surface area contributed by atoms with E-state index in [9.17, 15) is 4.39 Å². The van der Waals surface area contributed by atoms with Gasteiger partial charge in [-0.25, -0.2) is 4.39 Å². The zero-order chi connectivity index (χ0) is 14.4. The molecule has 0 radical (unpaired) electrons. The molecule has 0 amide bonds. The maximum Gasteiger partial charge on any atom is 0.123 e. The van der Waals surface area contributed by atoms with Gasteiger partial charge in [0.2, 0.25) is 0 Å². The van der Waals surface area contributed by atoms with Crippen LogP contribution in [0.2, 0.25) is 0 Å². The van der Waals surface area contributed by atoms with E-state index in [1.807, 2.05) is 12.1 Å². The largest absolute Gasteiger partial charge is 0.271 e. The Kier molecular flexibility index (Phi) is 6.04. The predicted octanol–water partition coefficient (Wildman–Crippen LogP) is 3.75. The molecule has 2 nitrogen and oxygen atoms in total. The molecule has 0 aliphatic carbocycles. The van der Waals surface area contributed by atoms with Gasteiger partial charge in [0, 0.05) is 21.2 Å². The molecule has 0 fully saturated rings. The first-order chi connectivity index (χ1) is 9.67. The Morgan fingerprint density at radius 2 is 1.75 bits per heavy atom. The lowest BCUT2D eigenvalue weighted by Crippen LogP contribution is -2.38. The average molecular weight is 355 g/mol. The van der Waals surface area contributed by atoms with Crippen molar-refractivity contribution in [2.45, 2.75) is 17.4 Å². The van der Waals surface area contributed by atoms with E-state index in [-0.39, 0.29) is 11.9 Å². The van der Waals surface area contributed by atoms with E-state index in [4.69, 9.17) is 5.84 Å². The van der Waals surface area contributed by atoms with Crippen LogP contribution in [-0.2, 0) is 6.42 Å². The summed E-state index contributed by atoms with van der Waals surface area (Å²) in [4.78, 5) is 1.20. The minimum absolute atomic E-state index is 0.147. The van der Waals surface area contributed by atoms with E-state index in [1.54, 1.807) is 23.9 Å². The van der Waals surface area contributed by atoms with Crippen LogP contribution in [0, 0.1) is 5.82 Å². The third kappa shape index (κ3) is 4.90. The smallest absolute Gasteiger partial charge is 0.123 e. The Bertz CT molecular complexity index is 531. The maximum absolute atomic E-state index is 12.9. The molecule has 0 saturated carbocycles. The van der Waals surface area contributed by atoms with Gasteiger partial charge < -0.3 is 0 Å². The number of rotatable bonds is 6. The molecule has 0 bridgehead atoms. The molecule has 2 rings (SSSR count). The summed E-state index contributed by atoms with van der Waals surface area (Å²) in [6, 6.07) is 14.9. The van der Waals surface area contributed by atoms with Crippen molar-refractivity contribution in [2.24, 2.45) is 5.84 Å². The van der Waals surface area contributed by atoms with Gasteiger partial charge >= 0.3 is 0 Å². The van der Waals surface area contributed by atoms with Crippen LogP contribution < -0.4 is 11.3 Å². The first kappa shape index (κ1) is 15.5. The molecule has 2 aromatic carbocycles. The van der Waals surface area contributed by atoms with Crippen molar-refractivity contribution < 1.29 is 4.39 Å². The van der Waals surface area contributed by atoms with E-state index >= 15 is 0 Å². The molecule has 0 aliphatic rings. The van der Waals surface area contributed by atoms with Crippen LogP contribution in [0.3, 0.4) is 0 Å². The first-order valence-corrected chi connectivity index (χ1v) is 8.04. The van der Waals surface area contributed by atoms with E-state index in [1.165, 1.54) is 17.0 Å². The fraction of sp³-hybridized carbons (Fsp3) is 0.200. The molecule has 3 N–H and O–H groups in total. The Morgan fingerprint density at radius 1 is 1.10 bits per heavy atom. The molecule has 0 spiro atoms. The number of hydrogen-bond donors (Lipinski definition) is 2. The zero-order valence-corrected chi connectivity index (χ0v) is 13.3. The molecule has 106 valence electrons. The van der Waals surface area contributed by atoms with Crippen molar-refractivity contribution in [3.05, 3.63) is 64.4 Å². The Hall–Kier alpha value is -0.880. The van der Waals surface area contributed by atoms with E-state index in [2.05, 4.69) is 33.5 Å². The van der Waals surface area contributed by atoms with Crippen LogP contribution >= 0.6 is 27.7 Å². The summed E-state index contributed by atoms with van der Waals surface area (Å²) in [7, 11) is 0. The summed E-state index contributed by atoms with van der Waals surface area (Å²) >= 11 is 5.16. The third-order valence-electron chi connectivity index (χ3n) is 2.90. The minimum atomic E-state index is -0.213. The second-order valence-corrected chi connectivity index (χ2v) is 6.47. The van der Waals surface area contributed by atoms with E-state index < -0.39 is 0 Å². The summed E-state index contributed by atoms with van der Waals surface area (Å²) in [5.41, 5.74) is 3.90. The normalized spacial score (nSPS) is 12.3. The molecule has 0 saturated heterocycles. The second-order valence-electron chi connectivity index (χ2n) is 4.46. The summed E-state index contributed by atoms with van der Waals surface area (Å²) in [5, 5.41) is 0. The van der Waals surface area contributed by atoms with Crippen LogP contribution in [0.5, 0.6) is 0 Å². The van der Waals surface area contributed by atoms with Gasteiger partial charge in [-0.2, -0.15) is 0 Å². The van der Waals surface area contributed by atoms with E-state index in [0.29, 0.717) is 0 Å². The van der Waals surface area contributed by atoms with Gasteiger partial charge in [-0.3, -0.25) is 11.3 Å².